The lowest BCUT2D eigenvalue weighted by Gasteiger charge is -2.24. The maximum atomic E-state index is 12.5. The highest BCUT2D eigenvalue weighted by atomic mass is 16.5. The van der Waals surface area contributed by atoms with Crippen molar-refractivity contribution in [3.63, 3.8) is 0 Å². The zero-order valence-corrected chi connectivity index (χ0v) is 16.1. The Bertz CT molecular complexity index is 626. The zero-order chi connectivity index (χ0) is 19.1. The molecule has 1 aliphatic rings. The van der Waals surface area contributed by atoms with Gasteiger partial charge in [-0.05, 0) is 44.9 Å². The van der Waals surface area contributed by atoms with Crippen molar-refractivity contribution >= 4 is 11.8 Å². The van der Waals surface area contributed by atoms with Gasteiger partial charge in [0.2, 0.25) is 11.8 Å². The highest BCUT2D eigenvalue weighted by Gasteiger charge is 2.25. The van der Waals surface area contributed by atoms with E-state index < -0.39 is 6.04 Å². The van der Waals surface area contributed by atoms with Crippen molar-refractivity contribution in [1.29, 1.82) is 0 Å². The molecule has 0 spiro atoms. The van der Waals surface area contributed by atoms with Crippen LogP contribution in [0.5, 0.6) is 11.5 Å². The van der Waals surface area contributed by atoms with E-state index in [9.17, 15) is 9.59 Å². The molecule has 0 unspecified atom stereocenters. The third kappa shape index (κ3) is 5.13. The van der Waals surface area contributed by atoms with E-state index in [1.165, 1.54) is 6.42 Å². The van der Waals surface area contributed by atoms with E-state index in [1.54, 1.807) is 21.1 Å². The molecule has 2 amide bonds. The number of methoxy groups -OCH3 is 2. The van der Waals surface area contributed by atoms with Crippen LogP contribution in [0.15, 0.2) is 18.2 Å². The molecule has 0 heterocycles. The Hall–Kier alpha value is -2.24. The third-order valence-electron chi connectivity index (χ3n) is 4.99. The Morgan fingerprint density at radius 1 is 1.04 bits per heavy atom. The number of ether oxygens (including phenoxy) is 2. The molecule has 0 aromatic heterocycles. The topological polar surface area (TPSA) is 76.7 Å². The average Bonchev–Trinajstić information content (AvgIpc) is 2.67. The van der Waals surface area contributed by atoms with Gasteiger partial charge in [0.05, 0.1) is 20.3 Å². The number of carbonyl (C=O) groups is 2. The Labute approximate surface area is 155 Å². The predicted molar refractivity (Wildman–Crippen MR) is 100 cm³/mol. The maximum Gasteiger partial charge on any atom is 0.242 e. The summed E-state index contributed by atoms with van der Waals surface area (Å²) in [4.78, 5) is 24.8. The first-order valence-corrected chi connectivity index (χ1v) is 9.29. The van der Waals surface area contributed by atoms with Gasteiger partial charge in [-0.15, -0.1) is 0 Å². The molecule has 144 valence electrons. The highest BCUT2D eigenvalue weighted by Crippen LogP contribution is 2.29. The van der Waals surface area contributed by atoms with Crippen molar-refractivity contribution in [2.24, 2.45) is 5.92 Å². The van der Waals surface area contributed by atoms with Gasteiger partial charge in [0.1, 0.15) is 17.5 Å². The smallest absolute Gasteiger partial charge is 0.242 e. The summed E-state index contributed by atoms with van der Waals surface area (Å²) in [5.41, 5.74) is 0.825. The van der Waals surface area contributed by atoms with E-state index in [2.05, 4.69) is 10.6 Å². The number of hydrogen-bond acceptors (Lipinski definition) is 4. The summed E-state index contributed by atoms with van der Waals surface area (Å²) in [5, 5.41) is 5.79. The minimum absolute atomic E-state index is 0.0148. The fourth-order valence-electron chi connectivity index (χ4n) is 3.36. The van der Waals surface area contributed by atoms with E-state index in [0.717, 1.165) is 31.2 Å². The van der Waals surface area contributed by atoms with Gasteiger partial charge in [0.15, 0.2) is 0 Å². The van der Waals surface area contributed by atoms with Crippen LogP contribution in [-0.2, 0) is 9.59 Å². The number of carbonyl (C=O) groups excluding carboxylic acids is 2. The fraction of sp³-hybridized carbons (Fsp3) is 0.600. The summed E-state index contributed by atoms with van der Waals surface area (Å²) in [6.45, 7) is 3.59. The van der Waals surface area contributed by atoms with Crippen LogP contribution >= 0.6 is 0 Å². The van der Waals surface area contributed by atoms with Crippen molar-refractivity contribution in [3.8, 4) is 11.5 Å². The van der Waals surface area contributed by atoms with Gasteiger partial charge in [-0.3, -0.25) is 9.59 Å². The summed E-state index contributed by atoms with van der Waals surface area (Å²) in [6.07, 6.45) is 5.20. The molecule has 0 saturated heterocycles. The summed E-state index contributed by atoms with van der Waals surface area (Å²) >= 11 is 0. The van der Waals surface area contributed by atoms with Gasteiger partial charge in [-0.25, -0.2) is 0 Å². The monoisotopic (exact) mass is 362 g/mol. The summed E-state index contributed by atoms with van der Waals surface area (Å²) in [7, 11) is 3.19. The number of hydrogen-bond donors (Lipinski definition) is 2. The first kappa shape index (κ1) is 20.1. The normalized spacial score (nSPS) is 17.1. The van der Waals surface area contributed by atoms with Crippen LogP contribution in [0.2, 0.25) is 0 Å². The minimum atomic E-state index is -0.580. The summed E-state index contributed by atoms with van der Waals surface area (Å²) in [6, 6.07) is 4.61. The molecular formula is C20H30N2O4. The van der Waals surface area contributed by atoms with Crippen molar-refractivity contribution in [2.75, 3.05) is 14.2 Å². The number of rotatable bonds is 7. The quantitative estimate of drug-likeness (QED) is 0.782. The van der Waals surface area contributed by atoms with Crippen LogP contribution in [0.4, 0.5) is 0 Å². The first-order valence-electron chi connectivity index (χ1n) is 9.29. The fourth-order valence-corrected chi connectivity index (χ4v) is 3.36. The number of benzene rings is 1. The number of nitrogens with one attached hydrogen (secondary N) is 2. The Morgan fingerprint density at radius 2 is 1.73 bits per heavy atom. The van der Waals surface area contributed by atoms with Crippen LogP contribution in [0.1, 0.15) is 57.6 Å². The van der Waals surface area contributed by atoms with E-state index in [4.69, 9.17) is 9.47 Å². The van der Waals surface area contributed by atoms with Gasteiger partial charge >= 0.3 is 0 Å². The molecule has 2 N–H and O–H groups in total. The van der Waals surface area contributed by atoms with E-state index in [-0.39, 0.29) is 23.8 Å². The van der Waals surface area contributed by atoms with Gasteiger partial charge in [-0.1, -0.05) is 19.3 Å². The van der Waals surface area contributed by atoms with Gasteiger partial charge in [0.25, 0.3) is 0 Å². The Kier molecular flexibility index (Phi) is 7.30. The molecule has 2 atom stereocenters. The molecule has 1 aromatic carbocycles. The Morgan fingerprint density at radius 3 is 2.35 bits per heavy atom. The molecule has 26 heavy (non-hydrogen) atoms. The predicted octanol–water partition coefficient (Wildman–Crippen LogP) is 2.97. The molecular weight excluding hydrogens is 332 g/mol. The van der Waals surface area contributed by atoms with Crippen LogP contribution in [0, 0.1) is 5.92 Å². The minimum Gasteiger partial charge on any atom is -0.497 e. The maximum absolute atomic E-state index is 12.5. The second kappa shape index (κ2) is 9.46. The van der Waals surface area contributed by atoms with Gasteiger partial charge in [-0.2, -0.15) is 0 Å². The Balaban J connectivity index is 1.96. The SMILES string of the molecule is COc1ccc(OC)c([C@@H](C)NC(=O)[C@H](C)NC(=O)C2CCCCC2)c1. The molecule has 0 radical (unpaired) electrons. The van der Waals surface area contributed by atoms with Crippen molar-refractivity contribution in [1.82, 2.24) is 10.6 Å². The second-order valence-corrected chi connectivity index (χ2v) is 6.90. The molecule has 0 aliphatic heterocycles. The van der Waals surface area contributed by atoms with Gasteiger partial charge < -0.3 is 20.1 Å². The van der Waals surface area contributed by atoms with E-state index >= 15 is 0 Å². The van der Waals surface area contributed by atoms with Crippen molar-refractivity contribution in [3.05, 3.63) is 23.8 Å². The second-order valence-electron chi connectivity index (χ2n) is 6.90. The molecule has 1 fully saturated rings. The lowest BCUT2D eigenvalue weighted by atomic mass is 9.88. The van der Waals surface area contributed by atoms with Crippen LogP contribution in [-0.4, -0.2) is 32.1 Å². The van der Waals surface area contributed by atoms with Crippen molar-refractivity contribution < 1.29 is 19.1 Å². The van der Waals surface area contributed by atoms with E-state index in [0.29, 0.717) is 11.5 Å². The molecule has 1 aromatic rings. The molecule has 6 nitrogen and oxygen atoms in total. The molecule has 1 aliphatic carbocycles. The van der Waals surface area contributed by atoms with Crippen molar-refractivity contribution in [2.45, 2.75) is 58.0 Å². The summed E-state index contributed by atoms with van der Waals surface area (Å²) < 4.78 is 10.6. The average molecular weight is 362 g/mol. The van der Waals surface area contributed by atoms with Gasteiger partial charge in [0, 0.05) is 11.5 Å². The first-order chi connectivity index (χ1) is 12.5. The van der Waals surface area contributed by atoms with E-state index in [1.807, 2.05) is 25.1 Å². The molecule has 2 rings (SSSR count). The number of amides is 2. The largest absolute Gasteiger partial charge is 0.497 e. The summed E-state index contributed by atoms with van der Waals surface area (Å²) in [5.74, 6) is 1.18. The molecule has 1 saturated carbocycles. The molecule has 6 heteroatoms. The van der Waals surface area contributed by atoms with Crippen LogP contribution in [0.3, 0.4) is 0 Å². The zero-order valence-electron chi connectivity index (χ0n) is 16.1. The van der Waals surface area contributed by atoms with Crippen LogP contribution in [0.25, 0.3) is 0 Å². The standard InChI is InChI=1S/C20H30N2O4/c1-13(17-12-16(25-3)10-11-18(17)26-4)21-19(23)14(2)22-20(24)15-8-6-5-7-9-15/h10-15H,5-9H2,1-4H3,(H,21,23)(H,22,24)/t13-,14+/m1/s1. The lowest BCUT2D eigenvalue weighted by molar-refractivity contribution is -0.131. The lowest BCUT2D eigenvalue weighted by Crippen LogP contribution is -2.47. The third-order valence-corrected chi connectivity index (χ3v) is 4.99. The molecule has 0 bridgehead atoms. The van der Waals surface area contributed by atoms with Crippen LogP contribution < -0.4 is 20.1 Å². The highest BCUT2D eigenvalue weighted by molar-refractivity contribution is 5.88.